The highest BCUT2D eigenvalue weighted by molar-refractivity contribution is 6.05. The Bertz CT molecular complexity index is 1550. The van der Waals surface area contributed by atoms with Crippen molar-refractivity contribution in [3.8, 4) is 11.5 Å². The standard InChI is InChI=1S/C33H32N2O4/c1-33(2,3)24-15-13-23(14-16-24)27-19-28(27)31(36)35-34-20-21-12-17-29(30(18-21)38-4)39-32(37)26-11-7-9-22-8-5-6-10-25(22)26/h5-18,20,27-28H,19H2,1-4H3,(H,35,36)/b34-20-. The van der Waals surface area contributed by atoms with Gasteiger partial charge in [-0.15, -0.1) is 0 Å². The third-order valence-corrected chi connectivity index (χ3v) is 7.12. The summed E-state index contributed by atoms with van der Waals surface area (Å²) in [4.78, 5) is 25.6. The first-order chi connectivity index (χ1) is 18.7. The van der Waals surface area contributed by atoms with Crippen molar-refractivity contribution in [1.82, 2.24) is 5.43 Å². The van der Waals surface area contributed by atoms with Crippen LogP contribution in [-0.2, 0) is 10.2 Å². The summed E-state index contributed by atoms with van der Waals surface area (Å²) < 4.78 is 11.1. The van der Waals surface area contributed by atoms with E-state index in [1.165, 1.54) is 18.2 Å². The zero-order chi connectivity index (χ0) is 27.6. The molecule has 1 aliphatic carbocycles. The quantitative estimate of drug-likeness (QED) is 0.129. The van der Waals surface area contributed by atoms with Crippen LogP contribution in [0, 0.1) is 5.92 Å². The minimum absolute atomic E-state index is 0.0759. The van der Waals surface area contributed by atoms with Gasteiger partial charge in [-0.05, 0) is 69.5 Å². The molecule has 0 radical (unpaired) electrons. The van der Waals surface area contributed by atoms with Crippen molar-refractivity contribution < 1.29 is 19.1 Å². The summed E-state index contributed by atoms with van der Waals surface area (Å²) in [7, 11) is 1.51. The number of carbonyl (C=O) groups is 2. The van der Waals surface area contributed by atoms with E-state index in [-0.39, 0.29) is 23.2 Å². The van der Waals surface area contributed by atoms with E-state index in [2.05, 4.69) is 55.6 Å². The summed E-state index contributed by atoms with van der Waals surface area (Å²) in [6.45, 7) is 6.57. The van der Waals surface area contributed by atoms with Crippen molar-refractivity contribution in [3.63, 3.8) is 0 Å². The third kappa shape index (κ3) is 5.85. The van der Waals surface area contributed by atoms with Crippen molar-refractivity contribution in [1.29, 1.82) is 0 Å². The average Bonchev–Trinajstić information content (AvgIpc) is 3.74. The lowest BCUT2D eigenvalue weighted by Gasteiger charge is -2.19. The largest absolute Gasteiger partial charge is 0.493 e. The molecule has 0 aromatic heterocycles. The van der Waals surface area contributed by atoms with Crippen LogP contribution in [0.5, 0.6) is 11.5 Å². The number of hydrogen-bond acceptors (Lipinski definition) is 5. The fraction of sp³-hybridized carbons (Fsp3) is 0.242. The molecule has 0 bridgehead atoms. The third-order valence-electron chi connectivity index (χ3n) is 7.12. The Morgan fingerprint density at radius 2 is 1.67 bits per heavy atom. The molecule has 4 aromatic rings. The molecule has 5 rings (SSSR count). The van der Waals surface area contributed by atoms with E-state index < -0.39 is 5.97 Å². The highest BCUT2D eigenvalue weighted by atomic mass is 16.6. The number of hydrogen-bond donors (Lipinski definition) is 1. The zero-order valence-electron chi connectivity index (χ0n) is 22.6. The Morgan fingerprint density at radius 3 is 2.41 bits per heavy atom. The molecule has 39 heavy (non-hydrogen) atoms. The maximum absolute atomic E-state index is 12.9. The molecule has 1 fully saturated rings. The number of ether oxygens (including phenoxy) is 2. The molecule has 0 heterocycles. The number of fused-ring (bicyclic) bond motifs is 1. The van der Waals surface area contributed by atoms with Gasteiger partial charge < -0.3 is 9.47 Å². The maximum Gasteiger partial charge on any atom is 0.344 e. The molecule has 0 saturated heterocycles. The van der Waals surface area contributed by atoms with Crippen LogP contribution >= 0.6 is 0 Å². The molecule has 1 aliphatic rings. The molecule has 2 atom stereocenters. The van der Waals surface area contributed by atoms with Crippen LogP contribution in [0.2, 0.25) is 0 Å². The van der Waals surface area contributed by atoms with Crippen LogP contribution in [0.4, 0.5) is 0 Å². The number of esters is 1. The van der Waals surface area contributed by atoms with Crippen molar-refractivity contribution in [2.75, 3.05) is 7.11 Å². The van der Waals surface area contributed by atoms with Crippen LogP contribution in [0.15, 0.2) is 90.0 Å². The number of benzene rings is 4. The normalized spacial score (nSPS) is 16.7. The SMILES string of the molecule is COc1cc(/C=N\NC(=O)C2CC2c2ccc(C(C)(C)C)cc2)ccc1OC(=O)c1cccc2ccccc12. The van der Waals surface area contributed by atoms with E-state index in [9.17, 15) is 9.59 Å². The number of nitrogens with one attached hydrogen (secondary N) is 1. The topological polar surface area (TPSA) is 77.0 Å². The molecule has 0 spiro atoms. The van der Waals surface area contributed by atoms with Gasteiger partial charge in [-0.1, -0.05) is 81.4 Å². The van der Waals surface area contributed by atoms with Gasteiger partial charge >= 0.3 is 5.97 Å². The van der Waals surface area contributed by atoms with Gasteiger partial charge in [0.1, 0.15) is 0 Å². The lowest BCUT2D eigenvalue weighted by atomic mass is 9.86. The summed E-state index contributed by atoms with van der Waals surface area (Å²) in [5.74, 6) is 0.280. The first-order valence-electron chi connectivity index (χ1n) is 13.1. The van der Waals surface area contributed by atoms with Gasteiger partial charge in [0.15, 0.2) is 11.5 Å². The van der Waals surface area contributed by atoms with Gasteiger partial charge in [-0.2, -0.15) is 5.10 Å². The molecular weight excluding hydrogens is 488 g/mol. The Hall–Kier alpha value is -4.45. The van der Waals surface area contributed by atoms with Crippen molar-refractivity contribution in [3.05, 3.63) is 107 Å². The summed E-state index contributed by atoms with van der Waals surface area (Å²) >= 11 is 0. The fourth-order valence-corrected chi connectivity index (χ4v) is 4.74. The van der Waals surface area contributed by atoms with Crippen LogP contribution < -0.4 is 14.9 Å². The minimum Gasteiger partial charge on any atom is -0.493 e. The molecule has 2 unspecified atom stereocenters. The monoisotopic (exact) mass is 520 g/mol. The number of amides is 1. The first kappa shape index (κ1) is 26.2. The number of nitrogens with zero attached hydrogens (tertiary/aromatic N) is 1. The van der Waals surface area contributed by atoms with E-state index in [1.54, 1.807) is 30.5 Å². The van der Waals surface area contributed by atoms with Crippen LogP contribution in [-0.4, -0.2) is 25.2 Å². The van der Waals surface area contributed by atoms with E-state index >= 15 is 0 Å². The smallest absolute Gasteiger partial charge is 0.344 e. The predicted molar refractivity (Wildman–Crippen MR) is 154 cm³/mol. The van der Waals surface area contributed by atoms with Crippen molar-refractivity contribution in [2.45, 2.75) is 38.5 Å². The number of methoxy groups -OCH3 is 1. The highest BCUT2D eigenvalue weighted by Crippen LogP contribution is 2.47. The second-order valence-electron chi connectivity index (χ2n) is 10.9. The van der Waals surface area contributed by atoms with Crippen LogP contribution in [0.25, 0.3) is 10.8 Å². The number of hydrazone groups is 1. The second-order valence-corrected chi connectivity index (χ2v) is 10.9. The zero-order valence-corrected chi connectivity index (χ0v) is 22.6. The molecular formula is C33H32N2O4. The predicted octanol–water partition coefficient (Wildman–Crippen LogP) is 6.62. The van der Waals surface area contributed by atoms with Crippen LogP contribution in [0.3, 0.4) is 0 Å². The van der Waals surface area contributed by atoms with Crippen molar-refractivity contribution in [2.24, 2.45) is 11.0 Å². The van der Waals surface area contributed by atoms with E-state index in [0.717, 1.165) is 17.2 Å². The Labute approximate surface area is 228 Å². The molecule has 1 saturated carbocycles. The molecule has 1 amide bonds. The van der Waals surface area contributed by atoms with Gasteiger partial charge in [0.25, 0.3) is 0 Å². The number of rotatable bonds is 7. The Kier molecular flexibility index (Phi) is 7.20. The lowest BCUT2D eigenvalue weighted by molar-refractivity contribution is -0.122. The Balaban J connectivity index is 1.20. The number of carbonyl (C=O) groups excluding carboxylic acids is 2. The first-order valence-corrected chi connectivity index (χ1v) is 13.1. The maximum atomic E-state index is 12.9. The molecule has 198 valence electrons. The average molecular weight is 521 g/mol. The van der Waals surface area contributed by atoms with E-state index in [1.807, 2.05) is 36.4 Å². The van der Waals surface area contributed by atoms with Gasteiger partial charge in [0.2, 0.25) is 5.91 Å². The van der Waals surface area contributed by atoms with E-state index in [4.69, 9.17) is 9.47 Å². The molecule has 6 nitrogen and oxygen atoms in total. The summed E-state index contributed by atoms with van der Waals surface area (Å²) in [5, 5.41) is 5.92. The van der Waals surface area contributed by atoms with Gasteiger partial charge in [0.05, 0.1) is 18.9 Å². The van der Waals surface area contributed by atoms with Gasteiger partial charge in [-0.3, -0.25) is 4.79 Å². The summed E-state index contributed by atoms with van der Waals surface area (Å²) in [6.07, 6.45) is 2.37. The second kappa shape index (κ2) is 10.7. The molecule has 0 aliphatic heterocycles. The van der Waals surface area contributed by atoms with Crippen LogP contribution in [0.1, 0.15) is 60.2 Å². The van der Waals surface area contributed by atoms with Crippen molar-refractivity contribution >= 4 is 28.9 Å². The van der Waals surface area contributed by atoms with Gasteiger partial charge in [0, 0.05) is 5.92 Å². The Morgan fingerprint density at radius 1 is 0.923 bits per heavy atom. The fourth-order valence-electron chi connectivity index (χ4n) is 4.74. The van der Waals surface area contributed by atoms with E-state index in [0.29, 0.717) is 22.6 Å². The molecule has 1 N–H and O–H groups in total. The molecule has 6 heteroatoms. The highest BCUT2D eigenvalue weighted by Gasteiger charge is 2.44. The summed E-state index contributed by atoms with van der Waals surface area (Å²) in [5.41, 5.74) is 6.40. The lowest BCUT2D eigenvalue weighted by Crippen LogP contribution is -2.20. The minimum atomic E-state index is -0.467. The summed E-state index contributed by atoms with van der Waals surface area (Å²) in [6, 6.07) is 26.9. The molecule has 4 aromatic carbocycles. The van der Waals surface area contributed by atoms with Gasteiger partial charge in [-0.25, -0.2) is 10.2 Å².